The minimum Gasteiger partial charge on any atom is -0.368 e. The van der Waals surface area contributed by atoms with Gasteiger partial charge in [0.1, 0.15) is 17.6 Å². The summed E-state index contributed by atoms with van der Waals surface area (Å²) in [5.74, 6) is -0.0282. The molecule has 0 aliphatic heterocycles. The molecule has 0 aliphatic rings. The first-order valence-electron chi connectivity index (χ1n) is 9.08. The highest BCUT2D eigenvalue weighted by Gasteiger charge is 2.15. The highest BCUT2D eigenvalue weighted by Crippen LogP contribution is 2.25. The summed E-state index contributed by atoms with van der Waals surface area (Å²) in [6, 6.07) is 8.66. The Hall–Kier alpha value is -3.42. The lowest BCUT2D eigenvalue weighted by Gasteiger charge is -2.13. The average Bonchev–Trinajstić information content (AvgIpc) is 3.02. The van der Waals surface area contributed by atoms with Gasteiger partial charge in [-0.25, -0.2) is 9.97 Å². The van der Waals surface area contributed by atoms with Gasteiger partial charge in [0.05, 0.1) is 0 Å². The van der Waals surface area contributed by atoms with Crippen LogP contribution >= 0.6 is 0 Å². The van der Waals surface area contributed by atoms with Crippen molar-refractivity contribution in [1.29, 1.82) is 0 Å². The summed E-state index contributed by atoms with van der Waals surface area (Å²) in [4.78, 5) is 31.7. The van der Waals surface area contributed by atoms with Crippen molar-refractivity contribution >= 4 is 28.5 Å². The molecule has 0 saturated heterocycles. The zero-order valence-corrected chi connectivity index (χ0v) is 16.1. The molecule has 8 nitrogen and oxygen atoms in total. The number of hydrogen-bond donors (Lipinski definition) is 3. The van der Waals surface area contributed by atoms with E-state index in [2.05, 4.69) is 39.9 Å². The highest BCUT2D eigenvalue weighted by atomic mass is 16.1. The van der Waals surface area contributed by atoms with Crippen molar-refractivity contribution in [3.05, 3.63) is 42.2 Å². The van der Waals surface area contributed by atoms with Crippen molar-refractivity contribution in [2.24, 2.45) is 17.4 Å². The number of nitrogens with one attached hydrogen (secondary N) is 1. The molecule has 2 aromatic heterocycles. The van der Waals surface area contributed by atoms with Gasteiger partial charge in [-0.05, 0) is 37.1 Å². The van der Waals surface area contributed by atoms with Gasteiger partial charge in [-0.15, -0.1) is 0 Å². The number of fused-ring (bicyclic) bond motifs is 1. The van der Waals surface area contributed by atoms with Crippen LogP contribution in [0.3, 0.4) is 0 Å². The second kappa shape index (κ2) is 7.67. The second-order valence-corrected chi connectivity index (χ2v) is 7.23. The van der Waals surface area contributed by atoms with Crippen molar-refractivity contribution in [2.45, 2.75) is 33.4 Å². The lowest BCUT2D eigenvalue weighted by atomic mass is 10.1. The summed E-state index contributed by atoms with van der Waals surface area (Å²) in [7, 11) is 0. The van der Waals surface area contributed by atoms with Gasteiger partial charge in [-0.1, -0.05) is 13.8 Å². The maximum Gasteiger partial charge on any atom is 0.267 e. The van der Waals surface area contributed by atoms with Crippen LogP contribution in [0.25, 0.3) is 22.3 Å². The number of anilines is 1. The average molecular weight is 380 g/mol. The van der Waals surface area contributed by atoms with Gasteiger partial charge >= 0.3 is 0 Å². The number of rotatable bonds is 7. The van der Waals surface area contributed by atoms with E-state index in [-0.39, 0.29) is 5.69 Å². The molecular weight excluding hydrogens is 356 g/mol. The summed E-state index contributed by atoms with van der Waals surface area (Å²) in [5, 5.41) is 3.92. The van der Waals surface area contributed by atoms with Gasteiger partial charge in [-0.3, -0.25) is 9.59 Å². The van der Waals surface area contributed by atoms with Crippen molar-refractivity contribution in [3.8, 4) is 11.4 Å². The quantitative estimate of drug-likeness (QED) is 0.578. The Morgan fingerprint density at radius 3 is 2.50 bits per heavy atom. The van der Waals surface area contributed by atoms with E-state index in [0.29, 0.717) is 17.6 Å². The molecule has 8 heteroatoms. The third-order valence-electron chi connectivity index (χ3n) is 4.36. The number of aromatic nitrogens is 3. The molecule has 1 atom stereocenters. The van der Waals surface area contributed by atoms with E-state index in [0.717, 1.165) is 23.0 Å². The van der Waals surface area contributed by atoms with Crippen LogP contribution in [0.5, 0.6) is 0 Å². The number of primary amides is 2. The fraction of sp³-hybridized carbons (Fsp3) is 0.300. The molecule has 1 aromatic carbocycles. The van der Waals surface area contributed by atoms with Gasteiger partial charge in [0.15, 0.2) is 5.82 Å². The van der Waals surface area contributed by atoms with Crippen LogP contribution < -0.4 is 16.8 Å². The zero-order chi connectivity index (χ0) is 20.4. The Kier molecular flexibility index (Phi) is 5.30. The number of carbonyl (C=O) groups excluding carboxylic acids is 2. The molecule has 2 amide bonds. The molecule has 0 saturated carbocycles. The number of hydrogen-bond acceptors (Lipinski definition) is 5. The van der Waals surface area contributed by atoms with Gasteiger partial charge in [0.25, 0.3) is 5.91 Å². The van der Waals surface area contributed by atoms with Crippen molar-refractivity contribution in [2.75, 3.05) is 5.32 Å². The Balaban J connectivity index is 2.03. The topological polar surface area (TPSA) is 129 Å². The van der Waals surface area contributed by atoms with E-state index in [4.69, 9.17) is 11.5 Å². The van der Waals surface area contributed by atoms with Crippen LogP contribution in [0.2, 0.25) is 0 Å². The fourth-order valence-electron chi connectivity index (χ4n) is 2.96. The van der Waals surface area contributed by atoms with E-state index in [1.54, 1.807) is 6.92 Å². The fourth-order valence-corrected chi connectivity index (χ4v) is 2.96. The van der Waals surface area contributed by atoms with E-state index in [9.17, 15) is 9.59 Å². The van der Waals surface area contributed by atoms with Crippen molar-refractivity contribution in [1.82, 2.24) is 14.5 Å². The van der Waals surface area contributed by atoms with Crippen LogP contribution in [0, 0.1) is 5.92 Å². The summed E-state index contributed by atoms with van der Waals surface area (Å²) < 4.78 is 2.20. The van der Waals surface area contributed by atoms with Crippen molar-refractivity contribution < 1.29 is 9.59 Å². The second-order valence-electron chi connectivity index (χ2n) is 7.23. The Morgan fingerprint density at radius 2 is 1.86 bits per heavy atom. The molecule has 0 spiro atoms. The first kappa shape index (κ1) is 19.3. The smallest absolute Gasteiger partial charge is 0.267 e. The predicted molar refractivity (Wildman–Crippen MR) is 109 cm³/mol. The zero-order valence-electron chi connectivity index (χ0n) is 16.1. The number of benzene rings is 1. The molecule has 2 heterocycles. The van der Waals surface area contributed by atoms with Crippen LogP contribution in [0.4, 0.5) is 5.82 Å². The standard InChI is InChI=1S/C20H24N6O2/c1-11(2)10-26-7-6-13-8-14(4-5-16(13)26)20-24-15(19(22)28)9-17(25-20)23-12(3)18(21)27/h4-9,11-12H,10H2,1-3H3,(H2,21,27)(H2,22,28)(H,23,24,25)/t12-/m0/s1. The Morgan fingerprint density at radius 1 is 1.11 bits per heavy atom. The van der Waals surface area contributed by atoms with Crippen LogP contribution in [0.15, 0.2) is 36.5 Å². The third-order valence-corrected chi connectivity index (χ3v) is 4.36. The molecule has 5 N–H and O–H groups in total. The number of nitrogens with two attached hydrogens (primary N) is 2. The van der Waals surface area contributed by atoms with Crippen molar-refractivity contribution in [3.63, 3.8) is 0 Å². The van der Waals surface area contributed by atoms with Crippen LogP contribution in [0.1, 0.15) is 31.3 Å². The molecule has 0 aliphatic carbocycles. The minimum atomic E-state index is -0.678. The molecule has 0 fully saturated rings. The maximum atomic E-state index is 11.7. The molecule has 146 valence electrons. The molecule has 3 rings (SSSR count). The normalized spacial score (nSPS) is 12.3. The number of nitrogens with zero attached hydrogens (tertiary/aromatic N) is 3. The summed E-state index contributed by atoms with van der Waals surface area (Å²) in [6.07, 6.45) is 2.05. The SMILES string of the molecule is CC(C)Cn1ccc2cc(-c3nc(N[C@@H](C)C(N)=O)cc(C(N)=O)n3)ccc21. The van der Waals surface area contributed by atoms with Gasteiger partial charge in [0.2, 0.25) is 5.91 Å². The van der Waals surface area contributed by atoms with Gasteiger partial charge in [-0.2, -0.15) is 0 Å². The van der Waals surface area contributed by atoms with E-state index >= 15 is 0 Å². The molecule has 3 aromatic rings. The molecule has 28 heavy (non-hydrogen) atoms. The summed E-state index contributed by atoms with van der Waals surface area (Å²) in [6.45, 7) is 6.88. The highest BCUT2D eigenvalue weighted by molar-refractivity contribution is 5.92. The number of amides is 2. The molecular formula is C20H24N6O2. The third kappa shape index (κ3) is 4.11. The molecule has 0 unspecified atom stereocenters. The lowest BCUT2D eigenvalue weighted by Crippen LogP contribution is -2.33. The van der Waals surface area contributed by atoms with E-state index in [1.165, 1.54) is 6.07 Å². The largest absolute Gasteiger partial charge is 0.368 e. The molecule has 0 bridgehead atoms. The van der Waals surface area contributed by atoms with E-state index in [1.807, 2.05) is 24.3 Å². The maximum absolute atomic E-state index is 11.7. The summed E-state index contributed by atoms with van der Waals surface area (Å²) >= 11 is 0. The Bertz CT molecular complexity index is 1040. The minimum absolute atomic E-state index is 0.0571. The first-order valence-corrected chi connectivity index (χ1v) is 9.08. The lowest BCUT2D eigenvalue weighted by molar-refractivity contribution is -0.118. The predicted octanol–water partition coefficient (Wildman–Crippen LogP) is 2.14. The monoisotopic (exact) mass is 380 g/mol. The van der Waals surface area contributed by atoms with Gasteiger partial charge < -0.3 is 21.4 Å². The van der Waals surface area contributed by atoms with Crippen LogP contribution in [-0.4, -0.2) is 32.4 Å². The summed E-state index contributed by atoms with van der Waals surface area (Å²) in [5.41, 5.74) is 12.6. The molecule has 0 radical (unpaired) electrons. The van der Waals surface area contributed by atoms with Gasteiger partial charge in [0, 0.05) is 35.3 Å². The van der Waals surface area contributed by atoms with E-state index < -0.39 is 17.9 Å². The number of carbonyl (C=O) groups is 2. The first-order chi connectivity index (χ1) is 13.2. The van der Waals surface area contributed by atoms with Crippen LogP contribution in [-0.2, 0) is 11.3 Å². The Labute approximate surface area is 163 Å².